The van der Waals surface area contributed by atoms with Crippen molar-refractivity contribution >= 4 is 43.7 Å². The first-order valence-corrected chi connectivity index (χ1v) is 8.88. The minimum absolute atomic E-state index is 0.204. The fraction of sp³-hybridized carbons (Fsp3) is 0.176. The normalized spacial score (nSPS) is 10.0. The van der Waals surface area contributed by atoms with E-state index in [1.54, 1.807) is 24.3 Å². The van der Waals surface area contributed by atoms with Gasteiger partial charge in [-0.05, 0) is 52.7 Å². The summed E-state index contributed by atoms with van der Waals surface area (Å²) in [6.07, 6.45) is 0. The summed E-state index contributed by atoms with van der Waals surface area (Å²) < 4.78 is 12.3. The number of rotatable bonds is 6. The third-order valence-corrected chi connectivity index (χ3v) is 4.16. The summed E-state index contributed by atoms with van der Waals surface area (Å²) in [7, 11) is 0. The molecule has 2 rings (SSSR count). The van der Waals surface area contributed by atoms with Gasteiger partial charge in [-0.25, -0.2) is 0 Å². The Labute approximate surface area is 162 Å². The number of carbonyl (C=O) groups is 2. The Hall–Kier alpha value is -2.06. The molecule has 0 atom stereocenters. The van der Waals surface area contributed by atoms with Gasteiger partial charge in [0.15, 0.2) is 13.2 Å². The molecule has 0 bridgehead atoms. The third kappa shape index (κ3) is 6.39. The molecule has 0 heterocycles. The predicted octanol–water partition coefficient (Wildman–Crippen LogP) is 3.13. The van der Waals surface area contributed by atoms with Crippen LogP contribution in [0.1, 0.15) is 5.56 Å². The Morgan fingerprint density at radius 2 is 1.52 bits per heavy atom. The third-order valence-electron chi connectivity index (χ3n) is 3.05. The highest BCUT2D eigenvalue weighted by Gasteiger charge is 2.08. The molecule has 6 nitrogen and oxygen atoms in total. The highest BCUT2D eigenvalue weighted by atomic mass is 79.9. The lowest BCUT2D eigenvalue weighted by Gasteiger charge is -2.11. The van der Waals surface area contributed by atoms with Crippen LogP contribution in [0.4, 0.5) is 0 Å². The molecule has 0 aromatic heterocycles. The highest BCUT2D eigenvalue weighted by molar-refractivity contribution is 9.11. The first-order chi connectivity index (χ1) is 12.0. The number of para-hydroxylation sites is 1. The van der Waals surface area contributed by atoms with E-state index >= 15 is 0 Å². The number of hydrazine groups is 1. The average molecular weight is 472 g/mol. The van der Waals surface area contributed by atoms with Crippen LogP contribution in [0.5, 0.6) is 11.5 Å². The molecule has 25 heavy (non-hydrogen) atoms. The summed E-state index contributed by atoms with van der Waals surface area (Å²) in [6, 6.07) is 12.7. The van der Waals surface area contributed by atoms with Crippen molar-refractivity contribution in [3.8, 4) is 11.5 Å². The van der Waals surface area contributed by atoms with Crippen molar-refractivity contribution in [2.45, 2.75) is 6.92 Å². The number of halogens is 2. The van der Waals surface area contributed by atoms with Crippen LogP contribution < -0.4 is 20.3 Å². The van der Waals surface area contributed by atoms with E-state index in [4.69, 9.17) is 9.47 Å². The predicted molar refractivity (Wildman–Crippen MR) is 100 cm³/mol. The van der Waals surface area contributed by atoms with Gasteiger partial charge in [0.05, 0.1) is 4.47 Å². The second-order valence-electron chi connectivity index (χ2n) is 5.01. The largest absolute Gasteiger partial charge is 0.483 e. The molecule has 0 unspecified atom stereocenters. The van der Waals surface area contributed by atoms with E-state index in [0.717, 1.165) is 10.0 Å². The first kappa shape index (κ1) is 19.3. The van der Waals surface area contributed by atoms with Crippen molar-refractivity contribution < 1.29 is 19.1 Å². The van der Waals surface area contributed by atoms with Gasteiger partial charge in [0, 0.05) is 4.47 Å². The first-order valence-electron chi connectivity index (χ1n) is 7.29. The summed E-state index contributed by atoms with van der Waals surface area (Å²) >= 11 is 6.66. The average Bonchev–Trinajstić information content (AvgIpc) is 2.58. The van der Waals surface area contributed by atoms with Gasteiger partial charge in [0.1, 0.15) is 11.5 Å². The van der Waals surface area contributed by atoms with Crippen molar-refractivity contribution in [3.05, 3.63) is 57.0 Å². The highest BCUT2D eigenvalue weighted by Crippen LogP contribution is 2.28. The Balaban J connectivity index is 1.70. The van der Waals surface area contributed by atoms with Crippen LogP contribution in [-0.2, 0) is 9.59 Å². The molecule has 2 aromatic carbocycles. The number of aryl methyl sites for hydroxylation is 1. The van der Waals surface area contributed by atoms with Crippen molar-refractivity contribution in [1.82, 2.24) is 10.9 Å². The molecule has 0 aliphatic carbocycles. The number of benzene rings is 2. The summed E-state index contributed by atoms with van der Waals surface area (Å²) in [4.78, 5) is 23.4. The molecule has 8 heteroatoms. The molecule has 0 spiro atoms. The fourth-order valence-corrected chi connectivity index (χ4v) is 2.97. The summed E-state index contributed by atoms with van der Waals surface area (Å²) in [6.45, 7) is 1.44. The van der Waals surface area contributed by atoms with Gasteiger partial charge in [0.2, 0.25) is 0 Å². The van der Waals surface area contributed by atoms with Gasteiger partial charge in [-0.15, -0.1) is 0 Å². The number of carbonyl (C=O) groups excluding carboxylic acids is 2. The molecule has 0 saturated carbocycles. The van der Waals surface area contributed by atoms with Crippen LogP contribution in [0.3, 0.4) is 0 Å². The van der Waals surface area contributed by atoms with Crippen molar-refractivity contribution in [3.63, 3.8) is 0 Å². The van der Waals surface area contributed by atoms with Gasteiger partial charge in [-0.2, -0.15) is 0 Å². The van der Waals surface area contributed by atoms with E-state index in [1.807, 2.05) is 25.1 Å². The zero-order chi connectivity index (χ0) is 18.2. The van der Waals surface area contributed by atoms with E-state index in [0.29, 0.717) is 16.0 Å². The quantitative estimate of drug-likeness (QED) is 0.634. The van der Waals surface area contributed by atoms with Crippen molar-refractivity contribution in [2.24, 2.45) is 0 Å². The van der Waals surface area contributed by atoms with Crippen LogP contribution in [0.25, 0.3) is 0 Å². The van der Waals surface area contributed by atoms with Crippen LogP contribution in [0.15, 0.2) is 51.4 Å². The minimum Gasteiger partial charge on any atom is -0.483 e. The SMILES string of the molecule is Cc1ccccc1OCC(=O)NNC(=O)COc1ccc(Br)cc1Br. The van der Waals surface area contributed by atoms with Gasteiger partial charge >= 0.3 is 0 Å². The topological polar surface area (TPSA) is 76.7 Å². The standard InChI is InChI=1S/C17H16Br2N2O4/c1-11-4-2-3-5-14(11)24-9-16(22)20-21-17(23)10-25-15-7-6-12(18)8-13(15)19/h2-8H,9-10H2,1H3,(H,20,22)(H,21,23). The maximum absolute atomic E-state index is 11.7. The maximum Gasteiger partial charge on any atom is 0.276 e. The maximum atomic E-state index is 11.7. The van der Waals surface area contributed by atoms with E-state index in [-0.39, 0.29) is 13.2 Å². The van der Waals surface area contributed by atoms with Gasteiger partial charge in [0.25, 0.3) is 11.8 Å². The number of hydrogen-bond donors (Lipinski definition) is 2. The Morgan fingerprint density at radius 3 is 2.12 bits per heavy atom. The molecule has 2 N–H and O–H groups in total. The van der Waals surface area contributed by atoms with Gasteiger partial charge < -0.3 is 9.47 Å². The Morgan fingerprint density at radius 1 is 0.920 bits per heavy atom. The Kier molecular flexibility index (Phi) is 7.27. The molecule has 0 aliphatic heterocycles. The molecule has 2 amide bonds. The number of amides is 2. The minimum atomic E-state index is -0.487. The summed E-state index contributed by atoms with van der Waals surface area (Å²) in [5.41, 5.74) is 5.46. The van der Waals surface area contributed by atoms with Crippen LogP contribution in [-0.4, -0.2) is 25.0 Å². The van der Waals surface area contributed by atoms with Crippen LogP contribution in [0.2, 0.25) is 0 Å². The van der Waals surface area contributed by atoms with Crippen molar-refractivity contribution in [1.29, 1.82) is 0 Å². The zero-order valence-corrected chi connectivity index (χ0v) is 16.5. The second-order valence-corrected chi connectivity index (χ2v) is 6.78. The molecular formula is C17H16Br2N2O4. The van der Waals surface area contributed by atoms with E-state index in [9.17, 15) is 9.59 Å². The number of ether oxygens (including phenoxy) is 2. The second kappa shape index (κ2) is 9.43. The summed E-state index contributed by atoms with van der Waals surface area (Å²) in [5.74, 6) is 0.181. The number of hydrogen-bond acceptors (Lipinski definition) is 4. The Bertz CT molecular complexity index is 768. The molecule has 0 aliphatic rings. The monoisotopic (exact) mass is 470 g/mol. The molecular weight excluding hydrogens is 456 g/mol. The molecule has 0 saturated heterocycles. The van der Waals surface area contributed by atoms with Crippen LogP contribution in [0, 0.1) is 6.92 Å². The van der Waals surface area contributed by atoms with E-state index in [2.05, 4.69) is 42.7 Å². The van der Waals surface area contributed by atoms with E-state index in [1.165, 1.54) is 0 Å². The molecule has 0 fully saturated rings. The fourth-order valence-electron chi connectivity index (χ4n) is 1.81. The van der Waals surface area contributed by atoms with Crippen LogP contribution >= 0.6 is 31.9 Å². The lowest BCUT2D eigenvalue weighted by atomic mass is 10.2. The smallest absolute Gasteiger partial charge is 0.276 e. The lowest BCUT2D eigenvalue weighted by molar-refractivity contribution is -0.131. The number of nitrogens with one attached hydrogen (secondary N) is 2. The van der Waals surface area contributed by atoms with Crippen molar-refractivity contribution in [2.75, 3.05) is 13.2 Å². The summed E-state index contributed by atoms with van der Waals surface area (Å²) in [5, 5.41) is 0. The zero-order valence-electron chi connectivity index (χ0n) is 13.3. The van der Waals surface area contributed by atoms with Gasteiger partial charge in [-0.1, -0.05) is 34.1 Å². The molecule has 0 radical (unpaired) electrons. The van der Waals surface area contributed by atoms with Gasteiger partial charge in [-0.3, -0.25) is 20.4 Å². The molecule has 2 aromatic rings. The van der Waals surface area contributed by atoms with E-state index < -0.39 is 11.8 Å². The molecule has 132 valence electrons. The lowest BCUT2D eigenvalue weighted by Crippen LogP contribution is -2.45.